The average Bonchev–Trinajstić information content (AvgIpc) is 2.63. The van der Waals surface area contributed by atoms with Gasteiger partial charge in [-0.15, -0.1) is 0 Å². The van der Waals surface area contributed by atoms with Gasteiger partial charge in [0.1, 0.15) is 5.82 Å². The summed E-state index contributed by atoms with van der Waals surface area (Å²) in [5, 5.41) is 3.06. The molecule has 0 unspecified atom stereocenters. The van der Waals surface area contributed by atoms with Crippen molar-refractivity contribution >= 4 is 5.91 Å². The van der Waals surface area contributed by atoms with Gasteiger partial charge >= 0.3 is 0 Å². The first-order valence-electron chi connectivity index (χ1n) is 8.63. The third kappa shape index (κ3) is 3.94. The van der Waals surface area contributed by atoms with Gasteiger partial charge in [0.2, 0.25) is 5.91 Å². The lowest BCUT2D eigenvalue weighted by molar-refractivity contribution is -0.130. The lowest BCUT2D eigenvalue weighted by Crippen LogP contribution is -2.50. The zero-order valence-electron chi connectivity index (χ0n) is 13.9. The fourth-order valence-electron chi connectivity index (χ4n) is 3.47. The van der Waals surface area contributed by atoms with Crippen molar-refractivity contribution < 1.29 is 18.7 Å². The number of amides is 1. The van der Waals surface area contributed by atoms with E-state index < -0.39 is 5.41 Å². The number of nitrogens with one attached hydrogen (secondary N) is 1. The number of hydrogen-bond acceptors (Lipinski definition) is 4. The molecule has 132 valence electrons. The van der Waals surface area contributed by atoms with Crippen LogP contribution < -0.4 is 5.32 Å². The van der Waals surface area contributed by atoms with Gasteiger partial charge in [0.05, 0.1) is 18.6 Å². The van der Waals surface area contributed by atoms with Crippen molar-refractivity contribution in [2.45, 2.75) is 18.3 Å². The average molecular weight is 336 g/mol. The first-order chi connectivity index (χ1) is 11.7. The lowest BCUT2D eigenvalue weighted by Gasteiger charge is -2.36. The Morgan fingerprint density at radius 3 is 2.58 bits per heavy atom. The van der Waals surface area contributed by atoms with E-state index in [0.29, 0.717) is 32.6 Å². The summed E-state index contributed by atoms with van der Waals surface area (Å²) in [6.45, 7) is 5.75. The Bertz CT molecular complexity index is 555. The van der Waals surface area contributed by atoms with Crippen LogP contribution in [0, 0.1) is 5.82 Å². The molecule has 0 atom stereocenters. The van der Waals surface area contributed by atoms with E-state index in [2.05, 4.69) is 10.2 Å². The van der Waals surface area contributed by atoms with Gasteiger partial charge in [0, 0.05) is 39.4 Å². The largest absolute Gasteiger partial charge is 0.381 e. The lowest BCUT2D eigenvalue weighted by atomic mass is 9.73. The van der Waals surface area contributed by atoms with Crippen molar-refractivity contribution in [2.75, 3.05) is 52.6 Å². The van der Waals surface area contributed by atoms with E-state index in [4.69, 9.17) is 9.47 Å². The van der Waals surface area contributed by atoms with Crippen LogP contribution in [-0.2, 0) is 19.7 Å². The van der Waals surface area contributed by atoms with Gasteiger partial charge in [0.25, 0.3) is 0 Å². The molecule has 3 rings (SSSR count). The van der Waals surface area contributed by atoms with Crippen molar-refractivity contribution in [3.8, 4) is 0 Å². The maximum Gasteiger partial charge on any atom is 0.230 e. The van der Waals surface area contributed by atoms with Gasteiger partial charge in [0.15, 0.2) is 0 Å². The van der Waals surface area contributed by atoms with Crippen LogP contribution in [0.2, 0.25) is 0 Å². The maximum absolute atomic E-state index is 13.7. The number of morpholine rings is 1. The van der Waals surface area contributed by atoms with Crippen LogP contribution in [-0.4, -0.2) is 63.4 Å². The first kappa shape index (κ1) is 17.3. The Morgan fingerprint density at radius 1 is 1.17 bits per heavy atom. The highest BCUT2D eigenvalue weighted by Crippen LogP contribution is 2.35. The summed E-state index contributed by atoms with van der Waals surface area (Å²) in [6.07, 6.45) is 1.17. The number of rotatable bonds is 5. The van der Waals surface area contributed by atoms with Crippen molar-refractivity contribution in [2.24, 2.45) is 0 Å². The Kier molecular flexibility index (Phi) is 5.81. The van der Waals surface area contributed by atoms with Crippen LogP contribution in [0.25, 0.3) is 0 Å². The summed E-state index contributed by atoms with van der Waals surface area (Å²) in [6, 6.07) is 6.40. The summed E-state index contributed by atoms with van der Waals surface area (Å²) in [5.74, 6) is -0.329. The molecule has 0 spiro atoms. The maximum atomic E-state index is 13.7. The van der Waals surface area contributed by atoms with Gasteiger partial charge in [-0.1, -0.05) is 12.1 Å². The van der Waals surface area contributed by atoms with E-state index in [1.54, 1.807) is 6.07 Å². The number of carbonyl (C=O) groups excluding carboxylic acids is 1. The molecule has 1 aromatic rings. The molecule has 2 aliphatic rings. The van der Waals surface area contributed by atoms with E-state index in [-0.39, 0.29) is 11.7 Å². The van der Waals surface area contributed by atoms with Crippen LogP contribution in [0.15, 0.2) is 24.3 Å². The fourth-order valence-corrected chi connectivity index (χ4v) is 3.47. The van der Waals surface area contributed by atoms with Gasteiger partial charge in [-0.05, 0) is 30.5 Å². The quantitative estimate of drug-likeness (QED) is 0.881. The fraction of sp³-hybridized carbons (Fsp3) is 0.611. The zero-order chi connectivity index (χ0) is 16.8. The van der Waals surface area contributed by atoms with Gasteiger partial charge in [-0.25, -0.2) is 4.39 Å². The van der Waals surface area contributed by atoms with E-state index >= 15 is 0 Å². The summed E-state index contributed by atoms with van der Waals surface area (Å²) < 4.78 is 24.4. The zero-order valence-corrected chi connectivity index (χ0v) is 13.9. The molecule has 1 amide bonds. The standard InChI is InChI=1S/C18H25FN2O3/c19-16-3-1-2-15(14-16)18(4-10-23-11-5-18)17(22)20-6-7-21-8-12-24-13-9-21/h1-3,14H,4-13H2,(H,20,22). The number of ether oxygens (including phenoxy) is 2. The first-order valence-corrected chi connectivity index (χ1v) is 8.63. The van der Waals surface area contributed by atoms with Crippen molar-refractivity contribution in [1.82, 2.24) is 10.2 Å². The topological polar surface area (TPSA) is 50.8 Å². The smallest absolute Gasteiger partial charge is 0.230 e. The molecular weight excluding hydrogens is 311 g/mol. The minimum absolute atomic E-state index is 0.0235. The summed E-state index contributed by atoms with van der Waals surface area (Å²) in [7, 11) is 0. The second kappa shape index (κ2) is 8.05. The number of benzene rings is 1. The van der Waals surface area contributed by atoms with Crippen LogP contribution in [0.1, 0.15) is 18.4 Å². The second-order valence-electron chi connectivity index (χ2n) is 6.41. The van der Waals surface area contributed by atoms with Gasteiger partial charge < -0.3 is 14.8 Å². The highest BCUT2D eigenvalue weighted by molar-refractivity contribution is 5.88. The van der Waals surface area contributed by atoms with Crippen LogP contribution in [0.5, 0.6) is 0 Å². The summed E-state index contributed by atoms with van der Waals surface area (Å²) in [5.41, 5.74) is 0.0559. The Morgan fingerprint density at radius 2 is 1.88 bits per heavy atom. The number of hydrogen-bond donors (Lipinski definition) is 1. The Balaban J connectivity index is 1.65. The van der Waals surface area contributed by atoms with Crippen molar-refractivity contribution in [3.63, 3.8) is 0 Å². The number of nitrogens with zero attached hydrogens (tertiary/aromatic N) is 1. The highest BCUT2D eigenvalue weighted by Gasteiger charge is 2.41. The molecule has 5 nitrogen and oxygen atoms in total. The minimum Gasteiger partial charge on any atom is -0.381 e. The van der Waals surface area contributed by atoms with Gasteiger partial charge in [-0.2, -0.15) is 0 Å². The summed E-state index contributed by atoms with van der Waals surface area (Å²) >= 11 is 0. The monoisotopic (exact) mass is 336 g/mol. The molecule has 24 heavy (non-hydrogen) atoms. The molecule has 6 heteroatoms. The van der Waals surface area contributed by atoms with E-state index in [9.17, 15) is 9.18 Å². The molecule has 1 aromatic carbocycles. The Hall–Kier alpha value is -1.50. The van der Waals surface area contributed by atoms with E-state index in [0.717, 1.165) is 38.4 Å². The predicted molar refractivity (Wildman–Crippen MR) is 88.4 cm³/mol. The number of carbonyl (C=O) groups is 1. The van der Waals surface area contributed by atoms with E-state index in [1.165, 1.54) is 12.1 Å². The van der Waals surface area contributed by atoms with Gasteiger partial charge in [-0.3, -0.25) is 9.69 Å². The van der Waals surface area contributed by atoms with Crippen LogP contribution in [0.3, 0.4) is 0 Å². The number of halogens is 1. The molecule has 0 aliphatic carbocycles. The molecule has 0 aromatic heterocycles. The third-order valence-electron chi connectivity index (χ3n) is 4.98. The molecule has 0 saturated carbocycles. The van der Waals surface area contributed by atoms with Crippen LogP contribution in [0.4, 0.5) is 4.39 Å². The molecule has 2 saturated heterocycles. The molecule has 0 radical (unpaired) electrons. The molecule has 0 bridgehead atoms. The molecule has 1 N–H and O–H groups in total. The Labute approximate surface area is 142 Å². The third-order valence-corrected chi connectivity index (χ3v) is 4.98. The SMILES string of the molecule is O=C(NCCN1CCOCC1)C1(c2cccc(F)c2)CCOCC1. The normalized spacial score (nSPS) is 21.4. The highest BCUT2D eigenvalue weighted by atomic mass is 19.1. The van der Waals surface area contributed by atoms with Crippen molar-refractivity contribution in [1.29, 1.82) is 0 Å². The molecular formula is C18H25FN2O3. The minimum atomic E-state index is -0.689. The van der Waals surface area contributed by atoms with E-state index in [1.807, 2.05) is 6.07 Å². The van der Waals surface area contributed by atoms with Crippen LogP contribution >= 0.6 is 0 Å². The molecule has 2 aliphatic heterocycles. The van der Waals surface area contributed by atoms with Crippen molar-refractivity contribution in [3.05, 3.63) is 35.6 Å². The summed E-state index contributed by atoms with van der Waals surface area (Å²) in [4.78, 5) is 15.2. The molecule has 2 fully saturated rings. The predicted octanol–water partition coefficient (Wildman–Crippen LogP) is 1.32. The molecule has 2 heterocycles. The second-order valence-corrected chi connectivity index (χ2v) is 6.41.